The third-order valence-corrected chi connectivity index (χ3v) is 6.17. The maximum absolute atomic E-state index is 12.4. The number of rotatable bonds is 8. The molecule has 4 rings (SSSR count). The van der Waals surface area contributed by atoms with Crippen LogP contribution in [0, 0.1) is 0 Å². The summed E-state index contributed by atoms with van der Waals surface area (Å²) in [6.07, 6.45) is 1.74. The van der Waals surface area contributed by atoms with E-state index in [0.29, 0.717) is 49.6 Å². The summed E-state index contributed by atoms with van der Waals surface area (Å²) < 4.78 is 11.4. The molecule has 2 amide bonds. The molecular weight excluding hydrogens is 521 g/mol. The van der Waals surface area contributed by atoms with Gasteiger partial charge in [0, 0.05) is 15.7 Å². The second kappa shape index (κ2) is 12.0. The van der Waals surface area contributed by atoms with Crippen molar-refractivity contribution in [3.05, 3.63) is 87.2 Å². The highest BCUT2D eigenvalue weighted by atomic mass is 35.5. The van der Waals surface area contributed by atoms with Gasteiger partial charge in [-0.25, -0.2) is 4.99 Å². The molecule has 1 aliphatic rings. The predicted octanol–water partition coefficient (Wildman–Crippen LogP) is 6.30. The minimum Gasteiger partial charge on any atom is -0.490 e. The fraction of sp³-hybridized carbons (Fsp3) is 0.115. The van der Waals surface area contributed by atoms with Crippen molar-refractivity contribution in [3.63, 3.8) is 0 Å². The van der Waals surface area contributed by atoms with Gasteiger partial charge in [-0.2, -0.15) is 0 Å². The van der Waals surface area contributed by atoms with Crippen LogP contribution in [0.1, 0.15) is 12.5 Å². The molecule has 184 valence electrons. The summed E-state index contributed by atoms with van der Waals surface area (Å²) in [6.45, 7) is 2.05. The van der Waals surface area contributed by atoms with Gasteiger partial charge in [-0.15, -0.1) is 0 Å². The lowest BCUT2D eigenvalue weighted by Crippen LogP contribution is -2.20. The van der Waals surface area contributed by atoms with Gasteiger partial charge < -0.3 is 20.1 Å². The van der Waals surface area contributed by atoms with Crippen molar-refractivity contribution in [3.8, 4) is 11.5 Å². The summed E-state index contributed by atoms with van der Waals surface area (Å²) >= 11 is 13.0. The van der Waals surface area contributed by atoms with Crippen LogP contribution in [0.25, 0.3) is 6.08 Å². The molecule has 1 fully saturated rings. The maximum Gasteiger partial charge on any atom is 0.264 e. The lowest BCUT2D eigenvalue weighted by atomic mass is 10.2. The van der Waals surface area contributed by atoms with Gasteiger partial charge in [0.05, 0.1) is 17.2 Å². The number of carbonyl (C=O) groups excluding carboxylic acids is 2. The number of aliphatic imine (C=N–C) groups is 1. The van der Waals surface area contributed by atoms with E-state index in [-0.39, 0.29) is 18.4 Å². The number of thioether (sulfide) groups is 1. The van der Waals surface area contributed by atoms with E-state index in [1.165, 1.54) is 11.8 Å². The molecule has 1 saturated heterocycles. The summed E-state index contributed by atoms with van der Waals surface area (Å²) in [6, 6.07) is 19.0. The quantitative estimate of drug-likeness (QED) is 0.326. The van der Waals surface area contributed by atoms with Crippen molar-refractivity contribution in [2.45, 2.75) is 6.92 Å². The topological polar surface area (TPSA) is 89.0 Å². The van der Waals surface area contributed by atoms with Crippen molar-refractivity contribution in [1.29, 1.82) is 0 Å². The Bertz CT molecular complexity index is 1330. The van der Waals surface area contributed by atoms with Gasteiger partial charge in [0.2, 0.25) is 0 Å². The molecule has 0 radical (unpaired) electrons. The first kappa shape index (κ1) is 25.6. The number of nitrogens with zero attached hydrogens (tertiary/aromatic N) is 1. The Morgan fingerprint density at radius 2 is 1.69 bits per heavy atom. The Balaban J connectivity index is 1.43. The minimum atomic E-state index is -0.322. The second-order valence-corrected chi connectivity index (χ2v) is 9.34. The van der Waals surface area contributed by atoms with E-state index in [2.05, 4.69) is 15.6 Å². The number of hydrogen-bond acceptors (Lipinski definition) is 6. The molecule has 1 aliphatic heterocycles. The summed E-state index contributed by atoms with van der Waals surface area (Å²) in [5.41, 5.74) is 2.04. The van der Waals surface area contributed by atoms with E-state index in [1.54, 1.807) is 72.8 Å². The van der Waals surface area contributed by atoms with Crippen molar-refractivity contribution in [2.75, 3.05) is 18.5 Å². The van der Waals surface area contributed by atoms with Gasteiger partial charge >= 0.3 is 0 Å². The van der Waals surface area contributed by atoms with Crippen LogP contribution in [0.3, 0.4) is 0 Å². The van der Waals surface area contributed by atoms with E-state index in [9.17, 15) is 9.59 Å². The smallest absolute Gasteiger partial charge is 0.264 e. The van der Waals surface area contributed by atoms with Crippen LogP contribution in [0.5, 0.6) is 11.5 Å². The van der Waals surface area contributed by atoms with Gasteiger partial charge in [0.25, 0.3) is 11.8 Å². The fourth-order valence-electron chi connectivity index (χ4n) is 3.14. The van der Waals surface area contributed by atoms with Gasteiger partial charge in [0.15, 0.2) is 23.3 Å². The molecule has 36 heavy (non-hydrogen) atoms. The minimum absolute atomic E-state index is 0.202. The van der Waals surface area contributed by atoms with E-state index in [4.69, 9.17) is 32.7 Å². The summed E-state index contributed by atoms with van der Waals surface area (Å²) in [5.74, 6) is 0.311. The molecule has 7 nitrogen and oxygen atoms in total. The zero-order valence-corrected chi connectivity index (χ0v) is 21.4. The number of amidine groups is 1. The molecule has 1 heterocycles. The molecule has 0 bridgehead atoms. The van der Waals surface area contributed by atoms with E-state index < -0.39 is 0 Å². The number of carbonyl (C=O) groups is 2. The molecular formula is C26H21Cl2N3O4S. The summed E-state index contributed by atoms with van der Waals surface area (Å²) in [7, 11) is 0. The van der Waals surface area contributed by atoms with Crippen LogP contribution in [-0.2, 0) is 9.59 Å². The first-order valence-corrected chi connectivity index (χ1v) is 12.5. The lowest BCUT2D eigenvalue weighted by molar-refractivity contribution is -0.118. The predicted molar refractivity (Wildman–Crippen MR) is 145 cm³/mol. The van der Waals surface area contributed by atoms with Gasteiger partial charge in [-0.05, 0) is 91.0 Å². The Morgan fingerprint density at radius 3 is 2.39 bits per heavy atom. The summed E-state index contributed by atoms with van der Waals surface area (Å²) in [5, 5.41) is 7.17. The molecule has 0 aromatic heterocycles. The third kappa shape index (κ3) is 7.04. The van der Waals surface area contributed by atoms with E-state index in [1.807, 2.05) is 6.92 Å². The highest BCUT2D eigenvalue weighted by Crippen LogP contribution is 2.32. The third-order valence-electron chi connectivity index (χ3n) is 4.76. The molecule has 2 N–H and O–H groups in total. The lowest BCUT2D eigenvalue weighted by Gasteiger charge is -2.13. The SMILES string of the molecule is CCOc1cc(/C=C2\SC(=Nc3ccc(Cl)cc3)NC2=O)ccc1OCC(=O)Nc1ccc(Cl)cc1. The van der Waals surface area contributed by atoms with Crippen LogP contribution in [0.4, 0.5) is 11.4 Å². The Kier molecular flexibility index (Phi) is 8.53. The zero-order valence-electron chi connectivity index (χ0n) is 19.1. The van der Waals surface area contributed by atoms with Crippen molar-refractivity contribution < 1.29 is 19.1 Å². The highest BCUT2D eigenvalue weighted by Gasteiger charge is 2.24. The molecule has 3 aromatic rings. The number of amides is 2. The standard InChI is InChI=1S/C26H21Cl2N3O4S/c1-2-34-22-13-16(3-12-21(22)35-15-24(32)29-19-8-4-17(27)5-9-19)14-23-25(33)31-26(36-23)30-20-10-6-18(28)7-11-20/h3-14H,2,15H2,1H3,(H,29,32)(H,30,31,33)/b23-14-. The van der Waals surface area contributed by atoms with Crippen LogP contribution >= 0.6 is 35.0 Å². The number of ether oxygens (including phenoxy) is 2. The monoisotopic (exact) mass is 541 g/mol. The zero-order chi connectivity index (χ0) is 25.5. The van der Waals surface area contributed by atoms with Crippen molar-refractivity contribution in [1.82, 2.24) is 5.32 Å². The molecule has 0 aliphatic carbocycles. The molecule has 0 saturated carbocycles. The maximum atomic E-state index is 12.4. The fourth-order valence-corrected chi connectivity index (χ4v) is 4.23. The molecule has 0 unspecified atom stereocenters. The van der Waals surface area contributed by atoms with Crippen LogP contribution < -0.4 is 20.1 Å². The highest BCUT2D eigenvalue weighted by molar-refractivity contribution is 8.18. The molecule has 10 heteroatoms. The van der Waals surface area contributed by atoms with Crippen LogP contribution in [0.2, 0.25) is 10.0 Å². The average molecular weight is 542 g/mol. The second-order valence-electron chi connectivity index (χ2n) is 7.44. The normalized spacial score (nSPS) is 15.1. The van der Waals surface area contributed by atoms with E-state index in [0.717, 1.165) is 5.56 Å². The molecule has 3 aromatic carbocycles. The number of nitrogens with one attached hydrogen (secondary N) is 2. The van der Waals surface area contributed by atoms with Crippen LogP contribution in [-0.4, -0.2) is 30.2 Å². The average Bonchev–Trinajstić information content (AvgIpc) is 3.20. The van der Waals surface area contributed by atoms with Crippen LogP contribution in [0.15, 0.2) is 76.6 Å². The Labute approximate surface area is 222 Å². The molecule has 0 spiro atoms. The summed E-state index contributed by atoms with van der Waals surface area (Å²) in [4.78, 5) is 29.6. The Morgan fingerprint density at radius 1 is 1.00 bits per heavy atom. The first-order chi connectivity index (χ1) is 17.4. The van der Waals surface area contributed by atoms with E-state index >= 15 is 0 Å². The number of hydrogen-bond donors (Lipinski definition) is 2. The number of benzene rings is 3. The van der Waals surface area contributed by atoms with Crippen molar-refractivity contribution in [2.24, 2.45) is 4.99 Å². The Hall–Kier alpha value is -3.46. The van der Waals surface area contributed by atoms with Gasteiger partial charge in [-0.3, -0.25) is 9.59 Å². The number of halogens is 2. The molecule has 0 atom stereocenters. The first-order valence-electron chi connectivity index (χ1n) is 10.9. The largest absolute Gasteiger partial charge is 0.490 e. The van der Waals surface area contributed by atoms with Gasteiger partial charge in [-0.1, -0.05) is 29.3 Å². The van der Waals surface area contributed by atoms with Gasteiger partial charge in [0.1, 0.15) is 0 Å². The number of anilines is 1. The van der Waals surface area contributed by atoms with Crippen molar-refractivity contribution >= 4 is 69.4 Å².